The molecule has 4 heteroatoms. The number of phenols is 1. The number of hydrogen-bond donors (Lipinski definition) is 2. The number of rotatable bonds is 5. The van der Waals surface area contributed by atoms with Crippen LogP contribution in [0.5, 0.6) is 17.2 Å². The Balaban J connectivity index is 3.13. The molecule has 0 saturated carbocycles. The molecular weight excluding hydrogens is 218 g/mol. The quantitative estimate of drug-likeness (QED) is 0.828. The maximum absolute atomic E-state index is 9.98. The van der Waals surface area contributed by atoms with Crippen molar-refractivity contribution in [2.24, 2.45) is 11.7 Å². The van der Waals surface area contributed by atoms with Crippen LogP contribution >= 0.6 is 0 Å². The summed E-state index contributed by atoms with van der Waals surface area (Å²) >= 11 is 0. The third kappa shape index (κ3) is 3.27. The Kier molecular flexibility index (Phi) is 4.63. The highest BCUT2D eigenvalue weighted by Gasteiger charge is 2.19. The average molecular weight is 239 g/mol. The van der Waals surface area contributed by atoms with Crippen LogP contribution in [0, 0.1) is 5.92 Å². The molecule has 0 bridgehead atoms. The molecule has 1 rings (SSSR count). The minimum absolute atomic E-state index is 0.120. The highest BCUT2D eigenvalue weighted by molar-refractivity contribution is 5.51. The summed E-state index contributed by atoms with van der Waals surface area (Å²) in [4.78, 5) is 0. The van der Waals surface area contributed by atoms with Crippen LogP contribution in [0.1, 0.15) is 31.9 Å². The molecule has 0 amide bonds. The fourth-order valence-electron chi connectivity index (χ4n) is 1.87. The van der Waals surface area contributed by atoms with Crippen molar-refractivity contribution < 1.29 is 14.6 Å². The SMILES string of the molecule is COc1cc(O)c([C@@H](N)CC(C)C)c(OC)c1. The number of hydrogen-bond acceptors (Lipinski definition) is 4. The van der Waals surface area contributed by atoms with Gasteiger partial charge in [0.2, 0.25) is 0 Å². The summed E-state index contributed by atoms with van der Waals surface area (Å²) in [5.74, 6) is 1.69. The molecule has 96 valence electrons. The van der Waals surface area contributed by atoms with Crippen molar-refractivity contribution >= 4 is 0 Å². The highest BCUT2D eigenvalue weighted by atomic mass is 16.5. The first-order chi connectivity index (χ1) is 7.99. The van der Waals surface area contributed by atoms with Gasteiger partial charge in [0, 0.05) is 18.2 Å². The van der Waals surface area contributed by atoms with Gasteiger partial charge in [0.1, 0.15) is 17.2 Å². The van der Waals surface area contributed by atoms with Crippen molar-refractivity contribution in [2.45, 2.75) is 26.3 Å². The zero-order valence-corrected chi connectivity index (χ0v) is 10.9. The second-order valence-corrected chi connectivity index (χ2v) is 4.50. The van der Waals surface area contributed by atoms with E-state index in [9.17, 15) is 5.11 Å². The van der Waals surface area contributed by atoms with Crippen LogP contribution in [-0.2, 0) is 0 Å². The highest BCUT2D eigenvalue weighted by Crippen LogP contribution is 2.38. The lowest BCUT2D eigenvalue weighted by molar-refractivity contribution is 0.369. The number of phenolic OH excluding ortho intramolecular Hbond substituents is 1. The first-order valence-electron chi connectivity index (χ1n) is 5.70. The van der Waals surface area contributed by atoms with Crippen molar-refractivity contribution in [2.75, 3.05) is 14.2 Å². The standard InChI is InChI=1S/C13H21NO3/c1-8(2)5-10(14)13-11(15)6-9(16-3)7-12(13)17-4/h6-8,10,15H,5,14H2,1-4H3/t10-/m0/s1. The topological polar surface area (TPSA) is 64.7 Å². The zero-order valence-electron chi connectivity index (χ0n) is 10.9. The molecule has 0 radical (unpaired) electrons. The molecule has 1 aromatic carbocycles. The van der Waals surface area contributed by atoms with Crippen LogP contribution in [0.4, 0.5) is 0 Å². The van der Waals surface area contributed by atoms with Gasteiger partial charge in [-0.2, -0.15) is 0 Å². The molecule has 0 aliphatic heterocycles. The van der Waals surface area contributed by atoms with Gasteiger partial charge in [-0.15, -0.1) is 0 Å². The van der Waals surface area contributed by atoms with E-state index in [4.69, 9.17) is 15.2 Å². The summed E-state index contributed by atoms with van der Waals surface area (Å²) in [5.41, 5.74) is 6.72. The van der Waals surface area contributed by atoms with Gasteiger partial charge < -0.3 is 20.3 Å². The van der Waals surface area contributed by atoms with Crippen molar-refractivity contribution in [3.8, 4) is 17.2 Å². The Labute approximate surface area is 102 Å². The molecule has 0 aliphatic carbocycles. The van der Waals surface area contributed by atoms with E-state index in [-0.39, 0.29) is 11.8 Å². The summed E-state index contributed by atoms with van der Waals surface area (Å²) < 4.78 is 10.3. The summed E-state index contributed by atoms with van der Waals surface area (Å²) in [6.07, 6.45) is 0.788. The summed E-state index contributed by atoms with van der Waals surface area (Å²) in [6.45, 7) is 4.18. The van der Waals surface area contributed by atoms with E-state index in [2.05, 4.69) is 13.8 Å². The van der Waals surface area contributed by atoms with Crippen LogP contribution in [-0.4, -0.2) is 19.3 Å². The third-order valence-corrected chi connectivity index (χ3v) is 2.65. The number of nitrogens with two attached hydrogens (primary N) is 1. The molecule has 17 heavy (non-hydrogen) atoms. The molecular formula is C13H21NO3. The number of ether oxygens (including phenoxy) is 2. The zero-order chi connectivity index (χ0) is 13.0. The molecule has 3 N–H and O–H groups in total. The monoisotopic (exact) mass is 239 g/mol. The maximum atomic E-state index is 9.98. The Morgan fingerprint density at radius 1 is 1.24 bits per heavy atom. The fourth-order valence-corrected chi connectivity index (χ4v) is 1.87. The van der Waals surface area contributed by atoms with Gasteiger partial charge in [0.15, 0.2) is 0 Å². The smallest absolute Gasteiger partial charge is 0.131 e. The van der Waals surface area contributed by atoms with Crippen LogP contribution in [0.3, 0.4) is 0 Å². The van der Waals surface area contributed by atoms with Gasteiger partial charge in [0.25, 0.3) is 0 Å². The molecule has 0 unspecified atom stereocenters. The van der Waals surface area contributed by atoms with E-state index in [1.54, 1.807) is 26.4 Å². The van der Waals surface area contributed by atoms with E-state index in [0.29, 0.717) is 23.0 Å². The van der Waals surface area contributed by atoms with Gasteiger partial charge in [-0.05, 0) is 12.3 Å². The van der Waals surface area contributed by atoms with Crippen molar-refractivity contribution in [1.82, 2.24) is 0 Å². The van der Waals surface area contributed by atoms with Gasteiger partial charge in [-0.25, -0.2) is 0 Å². The first kappa shape index (κ1) is 13.6. The van der Waals surface area contributed by atoms with Crippen LogP contribution < -0.4 is 15.2 Å². The van der Waals surface area contributed by atoms with Crippen LogP contribution in [0.15, 0.2) is 12.1 Å². The molecule has 0 fully saturated rings. The molecule has 0 aromatic heterocycles. The van der Waals surface area contributed by atoms with E-state index in [1.807, 2.05) is 0 Å². The summed E-state index contributed by atoms with van der Waals surface area (Å²) in [5, 5.41) is 9.98. The largest absolute Gasteiger partial charge is 0.507 e. The molecule has 0 heterocycles. The van der Waals surface area contributed by atoms with E-state index >= 15 is 0 Å². The lowest BCUT2D eigenvalue weighted by atomic mass is 9.96. The lowest BCUT2D eigenvalue weighted by Gasteiger charge is -2.19. The Morgan fingerprint density at radius 3 is 2.35 bits per heavy atom. The third-order valence-electron chi connectivity index (χ3n) is 2.65. The Morgan fingerprint density at radius 2 is 1.88 bits per heavy atom. The maximum Gasteiger partial charge on any atom is 0.131 e. The minimum atomic E-state index is -0.240. The Bertz CT molecular complexity index is 377. The van der Waals surface area contributed by atoms with Gasteiger partial charge in [0.05, 0.1) is 19.8 Å². The van der Waals surface area contributed by atoms with Crippen molar-refractivity contribution in [3.05, 3.63) is 17.7 Å². The second kappa shape index (κ2) is 5.77. The van der Waals surface area contributed by atoms with Gasteiger partial charge >= 0.3 is 0 Å². The predicted molar refractivity (Wildman–Crippen MR) is 67.6 cm³/mol. The summed E-state index contributed by atoms with van der Waals surface area (Å²) in [6, 6.07) is 3.05. The number of benzene rings is 1. The molecule has 0 aliphatic rings. The van der Waals surface area contributed by atoms with Crippen molar-refractivity contribution in [3.63, 3.8) is 0 Å². The molecule has 4 nitrogen and oxygen atoms in total. The number of methoxy groups -OCH3 is 2. The average Bonchev–Trinajstić information content (AvgIpc) is 2.26. The van der Waals surface area contributed by atoms with E-state index in [0.717, 1.165) is 6.42 Å². The summed E-state index contributed by atoms with van der Waals surface area (Å²) in [7, 11) is 3.10. The molecule has 1 aromatic rings. The molecule has 0 spiro atoms. The lowest BCUT2D eigenvalue weighted by Crippen LogP contribution is -2.14. The van der Waals surface area contributed by atoms with E-state index < -0.39 is 0 Å². The van der Waals surface area contributed by atoms with E-state index in [1.165, 1.54) is 0 Å². The fraction of sp³-hybridized carbons (Fsp3) is 0.538. The van der Waals surface area contributed by atoms with Crippen molar-refractivity contribution in [1.29, 1.82) is 0 Å². The predicted octanol–water partition coefficient (Wildman–Crippen LogP) is 2.46. The normalized spacial score (nSPS) is 12.6. The van der Waals surface area contributed by atoms with Gasteiger partial charge in [-0.3, -0.25) is 0 Å². The molecule has 1 atom stereocenters. The molecule has 0 saturated heterocycles. The van der Waals surface area contributed by atoms with Crippen LogP contribution in [0.2, 0.25) is 0 Å². The van der Waals surface area contributed by atoms with Crippen LogP contribution in [0.25, 0.3) is 0 Å². The Hall–Kier alpha value is -1.42. The van der Waals surface area contributed by atoms with Gasteiger partial charge in [-0.1, -0.05) is 13.8 Å². The second-order valence-electron chi connectivity index (χ2n) is 4.50. The first-order valence-corrected chi connectivity index (χ1v) is 5.70. The minimum Gasteiger partial charge on any atom is -0.507 e. The number of aromatic hydroxyl groups is 1.